The van der Waals surface area contributed by atoms with Crippen molar-refractivity contribution in [1.29, 1.82) is 0 Å². The molecular formula is C14H18F3N3O. The molecule has 0 aromatic carbocycles. The van der Waals surface area contributed by atoms with Crippen molar-refractivity contribution in [3.8, 4) is 0 Å². The minimum absolute atomic E-state index is 0.0280. The Morgan fingerprint density at radius 1 is 1.38 bits per heavy atom. The first-order valence-corrected chi connectivity index (χ1v) is 6.82. The van der Waals surface area contributed by atoms with E-state index in [-0.39, 0.29) is 11.0 Å². The number of halogens is 3. The summed E-state index contributed by atoms with van der Waals surface area (Å²) >= 11 is 0. The SMILES string of the molecule is CC1(CNC(=O)c2ccc(C(F)(F)F)nc2)CCNCC1. The first-order chi connectivity index (χ1) is 9.80. The van der Waals surface area contributed by atoms with Gasteiger partial charge in [0.15, 0.2) is 0 Å². The predicted octanol–water partition coefficient (Wildman–Crippen LogP) is 2.22. The second kappa shape index (κ2) is 6.01. The van der Waals surface area contributed by atoms with Crippen LogP contribution in [0.2, 0.25) is 0 Å². The molecule has 1 fully saturated rings. The van der Waals surface area contributed by atoms with Gasteiger partial charge in [0.25, 0.3) is 5.91 Å². The van der Waals surface area contributed by atoms with Gasteiger partial charge >= 0.3 is 6.18 Å². The average molecular weight is 301 g/mol. The molecule has 1 aromatic rings. The Bertz CT molecular complexity index is 493. The van der Waals surface area contributed by atoms with Crippen molar-refractivity contribution >= 4 is 5.91 Å². The van der Waals surface area contributed by atoms with Crippen LogP contribution in [-0.2, 0) is 6.18 Å². The van der Waals surface area contributed by atoms with Gasteiger partial charge < -0.3 is 10.6 Å². The Morgan fingerprint density at radius 2 is 2.05 bits per heavy atom. The van der Waals surface area contributed by atoms with Crippen LogP contribution in [0.1, 0.15) is 35.8 Å². The summed E-state index contributed by atoms with van der Waals surface area (Å²) in [6, 6.07) is 1.97. The zero-order valence-electron chi connectivity index (χ0n) is 11.8. The number of rotatable bonds is 3. The average Bonchev–Trinajstić information content (AvgIpc) is 2.45. The first-order valence-electron chi connectivity index (χ1n) is 6.82. The van der Waals surface area contributed by atoms with Crippen LogP contribution in [0, 0.1) is 5.41 Å². The highest BCUT2D eigenvalue weighted by Gasteiger charge is 2.32. The molecule has 0 aliphatic carbocycles. The van der Waals surface area contributed by atoms with Crippen LogP contribution in [0.4, 0.5) is 13.2 Å². The van der Waals surface area contributed by atoms with E-state index in [9.17, 15) is 18.0 Å². The number of nitrogens with one attached hydrogen (secondary N) is 2. The lowest BCUT2D eigenvalue weighted by molar-refractivity contribution is -0.141. The topological polar surface area (TPSA) is 54.0 Å². The van der Waals surface area contributed by atoms with Gasteiger partial charge in [0.2, 0.25) is 0 Å². The zero-order chi connectivity index (χ0) is 15.5. The number of nitrogens with zero attached hydrogens (tertiary/aromatic N) is 1. The highest BCUT2D eigenvalue weighted by atomic mass is 19.4. The highest BCUT2D eigenvalue weighted by molar-refractivity contribution is 5.93. The number of piperidine rings is 1. The van der Waals surface area contributed by atoms with Crippen molar-refractivity contribution in [1.82, 2.24) is 15.6 Å². The summed E-state index contributed by atoms with van der Waals surface area (Å²) < 4.78 is 37.2. The maximum Gasteiger partial charge on any atom is 0.433 e. The van der Waals surface area contributed by atoms with Gasteiger partial charge in [0.05, 0.1) is 5.56 Å². The highest BCUT2D eigenvalue weighted by Crippen LogP contribution is 2.28. The summed E-state index contributed by atoms with van der Waals surface area (Å²) in [4.78, 5) is 15.2. The molecule has 1 aromatic heterocycles. The summed E-state index contributed by atoms with van der Waals surface area (Å²) in [5.41, 5.74) is -0.829. The Labute approximate surface area is 121 Å². The molecule has 1 aliphatic heterocycles. The molecule has 0 spiro atoms. The van der Waals surface area contributed by atoms with E-state index in [2.05, 4.69) is 22.5 Å². The fourth-order valence-corrected chi connectivity index (χ4v) is 2.30. The minimum Gasteiger partial charge on any atom is -0.351 e. The van der Waals surface area contributed by atoms with Crippen LogP contribution < -0.4 is 10.6 Å². The Kier molecular flexibility index (Phi) is 4.51. The number of hydrogen-bond acceptors (Lipinski definition) is 3. The van der Waals surface area contributed by atoms with Gasteiger partial charge in [-0.1, -0.05) is 6.92 Å². The van der Waals surface area contributed by atoms with E-state index in [1.54, 1.807) is 0 Å². The van der Waals surface area contributed by atoms with Crippen LogP contribution in [0.3, 0.4) is 0 Å². The third kappa shape index (κ3) is 4.17. The summed E-state index contributed by atoms with van der Waals surface area (Å²) in [6.07, 6.45) is -1.61. The lowest BCUT2D eigenvalue weighted by Gasteiger charge is -2.34. The molecular weight excluding hydrogens is 283 g/mol. The number of hydrogen-bond donors (Lipinski definition) is 2. The third-order valence-electron chi connectivity index (χ3n) is 3.80. The van der Waals surface area contributed by atoms with Gasteiger partial charge in [-0.05, 0) is 43.5 Å². The molecule has 1 aliphatic rings. The van der Waals surface area contributed by atoms with Crippen molar-refractivity contribution in [3.63, 3.8) is 0 Å². The van der Waals surface area contributed by atoms with Gasteiger partial charge in [0.1, 0.15) is 5.69 Å². The van der Waals surface area contributed by atoms with Crippen molar-refractivity contribution in [2.45, 2.75) is 25.9 Å². The van der Waals surface area contributed by atoms with Crippen molar-refractivity contribution < 1.29 is 18.0 Å². The molecule has 2 rings (SSSR count). The maximum absolute atomic E-state index is 12.4. The van der Waals surface area contributed by atoms with Crippen molar-refractivity contribution in [2.24, 2.45) is 5.41 Å². The molecule has 4 nitrogen and oxygen atoms in total. The predicted molar refractivity (Wildman–Crippen MR) is 71.8 cm³/mol. The van der Waals surface area contributed by atoms with Crippen LogP contribution in [0.5, 0.6) is 0 Å². The fourth-order valence-electron chi connectivity index (χ4n) is 2.30. The largest absolute Gasteiger partial charge is 0.433 e. The molecule has 2 N–H and O–H groups in total. The number of carbonyl (C=O) groups is 1. The summed E-state index contributed by atoms with van der Waals surface area (Å²) in [5.74, 6) is -0.393. The van der Waals surface area contributed by atoms with Crippen LogP contribution in [-0.4, -0.2) is 30.5 Å². The number of pyridine rings is 1. The fraction of sp³-hybridized carbons (Fsp3) is 0.571. The summed E-state index contributed by atoms with van der Waals surface area (Å²) in [6.45, 7) is 4.43. The van der Waals surface area contributed by atoms with E-state index in [1.807, 2.05) is 0 Å². The third-order valence-corrected chi connectivity index (χ3v) is 3.80. The van der Waals surface area contributed by atoms with Crippen LogP contribution in [0.15, 0.2) is 18.3 Å². The molecule has 116 valence electrons. The summed E-state index contributed by atoms with van der Waals surface area (Å²) in [5, 5.41) is 6.03. The lowest BCUT2D eigenvalue weighted by Crippen LogP contribution is -2.42. The van der Waals surface area contributed by atoms with E-state index in [0.29, 0.717) is 6.54 Å². The van der Waals surface area contributed by atoms with E-state index in [1.165, 1.54) is 0 Å². The monoisotopic (exact) mass is 301 g/mol. The zero-order valence-corrected chi connectivity index (χ0v) is 11.8. The van der Waals surface area contributed by atoms with Gasteiger partial charge in [0, 0.05) is 12.7 Å². The molecule has 0 bridgehead atoms. The van der Waals surface area contributed by atoms with Crippen LogP contribution >= 0.6 is 0 Å². The molecule has 1 saturated heterocycles. The van der Waals surface area contributed by atoms with E-state index < -0.39 is 17.8 Å². The van der Waals surface area contributed by atoms with Gasteiger partial charge in [-0.3, -0.25) is 9.78 Å². The molecule has 0 saturated carbocycles. The standard InChI is InChI=1S/C14H18F3N3O/c1-13(4-6-18-7-5-13)9-20-12(21)10-2-3-11(19-8-10)14(15,16)17/h2-3,8,18H,4-7,9H2,1H3,(H,20,21). The normalized spacial score (nSPS) is 18.3. The molecule has 0 atom stereocenters. The van der Waals surface area contributed by atoms with Gasteiger partial charge in [-0.25, -0.2) is 0 Å². The first kappa shape index (κ1) is 15.8. The van der Waals surface area contributed by atoms with E-state index in [0.717, 1.165) is 44.3 Å². The Hall–Kier alpha value is -1.63. The summed E-state index contributed by atoms with van der Waals surface area (Å²) in [7, 11) is 0. The van der Waals surface area contributed by atoms with Crippen molar-refractivity contribution in [3.05, 3.63) is 29.6 Å². The Balaban J connectivity index is 1.94. The Morgan fingerprint density at radius 3 is 2.57 bits per heavy atom. The molecule has 21 heavy (non-hydrogen) atoms. The van der Waals surface area contributed by atoms with E-state index >= 15 is 0 Å². The van der Waals surface area contributed by atoms with Crippen LogP contribution in [0.25, 0.3) is 0 Å². The number of aromatic nitrogens is 1. The smallest absolute Gasteiger partial charge is 0.351 e. The number of amides is 1. The molecule has 0 radical (unpaired) electrons. The van der Waals surface area contributed by atoms with Gasteiger partial charge in [-0.2, -0.15) is 13.2 Å². The second-order valence-electron chi connectivity index (χ2n) is 5.67. The molecule has 1 amide bonds. The number of alkyl halides is 3. The maximum atomic E-state index is 12.4. The molecule has 0 unspecified atom stereocenters. The molecule has 2 heterocycles. The van der Waals surface area contributed by atoms with Gasteiger partial charge in [-0.15, -0.1) is 0 Å². The minimum atomic E-state index is -4.49. The van der Waals surface area contributed by atoms with Crippen molar-refractivity contribution in [2.75, 3.05) is 19.6 Å². The molecule has 7 heteroatoms. The lowest BCUT2D eigenvalue weighted by atomic mass is 9.81. The quantitative estimate of drug-likeness (QED) is 0.900. The second-order valence-corrected chi connectivity index (χ2v) is 5.67. The number of carbonyl (C=O) groups excluding carboxylic acids is 1. The van der Waals surface area contributed by atoms with E-state index in [4.69, 9.17) is 0 Å².